The lowest BCUT2D eigenvalue weighted by molar-refractivity contribution is -0.814. The van der Waals surface area contributed by atoms with Crippen molar-refractivity contribution < 1.29 is 23.9 Å². The van der Waals surface area contributed by atoms with E-state index in [2.05, 4.69) is 25.3 Å². The Labute approximate surface area is 204 Å². The lowest BCUT2D eigenvalue weighted by Gasteiger charge is -2.42. The van der Waals surface area contributed by atoms with E-state index in [1.165, 1.54) is 18.9 Å². The van der Waals surface area contributed by atoms with Crippen LogP contribution in [-0.2, 0) is 14.3 Å². The van der Waals surface area contributed by atoms with Crippen LogP contribution in [-0.4, -0.2) is 47.8 Å². The molecule has 1 atom stereocenters. The molecular weight excluding hydrogens is 434 g/mol. The predicted octanol–water partition coefficient (Wildman–Crippen LogP) is 5.40. The van der Waals surface area contributed by atoms with Gasteiger partial charge in [-0.25, -0.2) is 14.1 Å². The summed E-state index contributed by atoms with van der Waals surface area (Å²) in [5, 5.41) is 10.0. The Kier molecular flexibility index (Phi) is 9.84. The van der Waals surface area contributed by atoms with Crippen LogP contribution in [0.3, 0.4) is 0 Å². The van der Waals surface area contributed by atoms with Crippen molar-refractivity contribution in [2.45, 2.75) is 91.2 Å². The van der Waals surface area contributed by atoms with Crippen molar-refractivity contribution in [1.29, 1.82) is 0 Å². The number of quaternary nitrogens is 1. The van der Waals surface area contributed by atoms with Gasteiger partial charge in [-0.2, -0.15) is 0 Å². The van der Waals surface area contributed by atoms with Crippen LogP contribution in [0.2, 0.25) is 0 Å². The van der Waals surface area contributed by atoms with Crippen LogP contribution in [0, 0.1) is 29.1 Å². The molecule has 0 aromatic heterocycles. The molecule has 0 heterocycles. The zero-order chi connectivity index (χ0) is 24.8. The molecule has 0 saturated heterocycles. The summed E-state index contributed by atoms with van der Waals surface area (Å²) in [5.74, 6) is 6.51. The number of nitrogens with zero attached hydrogens (tertiary/aromatic N) is 1. The fourth-order valence-electron chi connectivity index (χ4n) is 4.72. The Balaban J connectivity index is 2.42. The zero-order valence-corrected chi connectivity index (χ0v) is 22.1. The summed E-state index contributed by atoms with van der Waals surface area (Å²) in [6.45, 7) is 12.3. The Morgan fingerprint density at radius 1 is 1.09 bits per heavy atom. The molecule has 2 saturated carbocycles. The summed E-state index contributed by atoms with van der Waals surface area (Å²) >= 11 is 1.18. The lowest BCUT2D eigenvalue weighted by atomic mass is 9.81. The number of thioether (sulfide) groups is 1. The fourth-order valence-corrected chi connectivity index (χ4v) is 5.53. The number of rotatable bonds is 6. The first-order valence-corrected chi connectivity index (χ1v) is 13.0. The lowest BCUT2D eigenvalue weighted by Crippen LogP contribution is -2.56. The zero-order valence-electron chi connectivity index (χ0n) is 21.3. The monoisotopic (exact) mass is 476 g/mol. The minimum Gasteiger partial charge on any atom is -0.465 e. The van der Waals surface area contributed by atoms with E-state index in [9.17, 15) is 14.7 Å². The molecule has 0 spiro atoms. The third-order valence-corrected chi connectivity index (χ3v) is 7.69. The first-order chi connectivity index (χ1) is 15.4. The van der Waals surface area contributed by atoms with Gasteiger partial charge in [-0.1, -0.05) is 37.1 Å². The van der Waals surface area contributed by atoms with E-state index in [1.807, 2.05) is 27.8 Å². The standard InChI is InChI=1S/C27H42NO4S/c1-19-8-10-21(11-9-19)25(30)28(6,22-12-14-23(29)15-13-22)18-24(26(31)32-7)33-20(2)16-17-27(3,4)5/h18-19,21-23,29H,2,8-15H2,1,3-7H3/q+1. The number of hydrogen-bond acceptors (Lipinski definition) is 5. The second-order valence-electron chi connectivity index (χ2n) is 10.9. The van der Waals surface area contributed by atoms with Crippen LogP contribution in [0.15, 0.2) is 22.6 Å². The van der Waals surface area contributed by atoms with E-state index < -0.39 is 5.97 Å². The van der Waals surface area contributed by atoms with Gasteiger partial charge in [0.2, 0.25) is 0 Å². The molecule has 2 fully saturated rings. The minimum absolute atomic E-state index is 0.0120. The second-order valence-corrected chi connectivity index (χ2v) is 12.1. The number of amides is 1. The topological polar surface area (TPSA) is 63.6 Å². The molecule has 33 heavy (non-hydrogen) atoms. The van der Waals surface area contributed by atoms with Crippen molar-refractivity contribution in [1.82, 2.24) is 0 Å². The molecule has 184 valence electrons. The van der Waals surface area contributed by atoms with Crippen LogP contribution in [0.4, 0.5) is 0 Å². The summed E-state index contributed by atoms with van der Waals surface area (Å²) in [4.78, 5) is 27.6. The molecule has 2 aliphatic rings. The van der Waals surface area contributed by atoms with Crippen LogP contribution in [0.25, 0.3) is 0 Å². The smallest absolute Gasteiger partial charge is 0.350 e. The van der Waals surface area contributed by atoms with Gasteiger partial charge in [-0.15, -0.1) is 0 Å². The molecule has 0 aliphatic heterocycles. The molecule has 2 rings (SSSR count). The second kappa shape index (κ2) is 11.7. The number of carbonyl (C=O) groups excluding carboxylic acids is 2. The van der Waals surface area contributed by atoms with E-state index in [-0.39, 0.29) is 33.9 Å². The predicted molar refractivity (Wildman–Crippen MR) is 135 cm³/mol. The van der Waals surface area contributed by atoms with Crippen molar-refractivity contribution in [3.05, 3.63) is 22.6 Å². The van der Waals surface area contributed by atoms with Crippen molar-refractivity contribution in [2.24, 2.45) is 17.3 Å². The molecule has 1 N–H and O–H groups in total. The van der Waals surface area contributed by atoms with Crippen molar-refractivity contribution in [3.8, 4) is 11.8 Å². The van der Waals surface area contributed by atoms with Crippen LogP contribution in [0.5, 0.6) is 0 Å². The average Bonchev–Trinajstić information content (AvgIpc) is 2.76. The van der Waals surface area contributed by atoms with E-state index in [0.29, 0.717) is 28.6 Å². The molecule has 6 heteroatoms. The van der Waals surface area contributed by atoms with Crippen LogP contribution >= 0.6 is 11.8 Å². The number of ether oxygens (including phenoxy) is 1. The number of esters is 1. The third-order valence-electron chi connectivity index (χ3n) is 6.85. The van der Waals surface area contributed by atoms with Gasteiger partial charge >= 0.3 is 11.9 Å². The van der Waals surface area contributed by atoms with Crippen molar-refractivity contribution >= 4 is 23.6 Å². The molecular formula is C27H42NO4S+. The maximum Gasteiger partial charge on any atom is 0.350 e. The maximum absolute atomic E-state index is 14.0. The molecule has 1 unspecified atom stereocenters. The number of carbonyl (C=O) groups is 2. The Hall–Kier alpha value is -1.55. The number of methoxy groups -OCH3 is 1. The van der Waals surface area contributed by atoms with E-state index in [0.717, 1.165) is 38.5 Å². The average molecular weight is 477 g/mol. The van der Waals surface area contributed by atoms with Gasteiger partial charge < -0.3 is 9.84 Å². The summed E-state index contributed by atoms with van der Waals surface area (Å²) in [5.41, 5.74) is -0.180. The van der Waals surface area contributed by atoms with E-state index in [4.69, 9.17) is 4.74 Å². The molecule has 2 aliphatic carbocycles. The van der Waals surface area contributed by atoms with E-state index >= 15 is 0 Å². The molecule has 1 amide bonds. The van der Waals surface area contributed by atoms with Gasteiger partial charge in [0.05, 0.1) is 31.1 Å². The van der Waals surface area contributed by atoms with Gasteiger partial charge in [0, 0.05) is 18.3 Å². The first-order valence-electron chi connectivity index (χ1n) is 12.1. The summed E-state index contributed by atoms with van der Waals surface area (Å²) < 4.78 is 5.13. The highest BCUT2D eigenvalue weighted by Crippen LogP contribution is 2.37. The van der Waals surface area contributed by atoms with Crippen molar-refractivity contribution in [3.63, 3.8) is 0 Å². The number of allylic oxidation sites excluding steroid dienone is 1. The molecule has 0 bridgehead atoms. The number of aliphatic hydroxyl groups is 1. The Morgan fingerprint density at radius 2 is 1.67 bits per heavy atom. The highest BCUT2D eigenvalue weighted by atomic mass is 32.2. The highest BCUT2D eigenvalue weighted by Gasteiger charge is 2.45. The van der Waals surface area contributed by atoms with Gasteiger partial charge in [0.15, 0.2) is 4.91 Å². The minimum atomic E-state index is -0.482. The summed E-state index contributed by atoms with van der Waals surface area (Å²) in [6, 6.07) is 0.0226. The van der Waals surface area contributed by atoms with Gasteiger partial charge in [0.1, 0.15) is 12.2 Å². The maximum atomic E-state index is 14.0. The molecule has 0 aromatic carbocycles. The van der Waals surface area contributed by atoms with Gasteiger partial charge in [-0.05, 0) is 65.2 Å². The molecule has 5 nitrogen and oxygen atoms in total. The fraction of sp³-hybridized carbons (Fsp3) is 0.704. The SMILES string of the molecule is C=C(C#CC(C)(C)C)SC(=C[N+](C)(C(=O)C1CCC(C)CC1)C1CCC(O)CC1)C(=O)OC. The Bertz CT molecular complexity index is 815. The molecule has 0 radical (unpaired) electrons. The quantitative estimate of drug-likeness (QED) is 0.241. The number of hydrogen-bond donors (Lipinski definition) is 1. The van der Waals surface area contributed by atoms with Gasteiger partial charge in [-0.3, -0.25) is 0 Å². The largest absolute Gasteiger partial charge is 0.465 e. The first kappa shape index (κ1) is 27.7. The van der Waals surface area contributed by atoms with E-state index in [1.54, 1.807) is 6.20 Å². The number of aliphatic hydroxyl groups excluding tert-OH is 1. The Morgan fingerprint density at radius 3 is 2.18 bits per heavy atom. The van der Waals surface area contributed by atoms with Crippen molar-refractivity contribution in [2.75, 3.05) is 14.2 Å². The van der Waals surface area contributed by atoms with Crippen LogP contribution < -0.4 is 0 Å². The highest BCUT2D eigenvalue weighted by molar-refractivity contribution is 8.07. The summed E-state index contributed by atoms with van der Waals surface area (Å²) in [7, 11) is 3.28. The van der Waals surface area contributed by atoms with Crippen LogP contribution in [0.1, 0.15) is 79.1 Å². The molecule has 0 aromatic rings. The summed E-state index contributed by atoms with van der Waals surface area (Å²) in [6.07, 6.45) is 8.19. The normalized spacial score (nSPS) is 28.2. The van der Waals surface area contributed by atoms with Gasteiger partial charge in [0.25, 0.3) is 0 Å². The third kappa shape index (κ3) is 8.02.